The highest BCUT2D eigenvalue weighted by Gasteiger charge is 2.28. The van der Waals surface area contributed by atoms with Crippen molar-refractivity contribution in [2.24, 2.45) is 5.16 Å². The van der Waals surface area contributed by atoms with Crippen molar-refractivity contribution in [1.82, 2.24) is 10.2 Å². The molecule has 1 aliphatic rings. The van der Waals surface area contributed by atoms with Crippen LogP contribution in [0.25, 0.3) is 0 Å². The Bertz CT molecular complexity index is 846. The summed E-state index contributed by atoms with van der Waals surface area (Å²) in [6.45, 7) is 6.42. The number of hydrogen-bond donors (Lipinski definition) is 1. The highest BCUT2D eigenvalue weighted by Crippen LogP contribution is 2.19. The zero-order valence-electron chi connectivity index (χ0n) is 16.5. The number of nitrogens with one attached hydrogen (secondary N) is 1. The van der Waals surface area contributed by atoms with Gasteiger partial charge in [-0.3, -0.25) is 0 Å². The second-order valence-electron chi connectivity index (χ2n) is 8.03. The lowest BCUT2D eigenvalue weighted by atomic mass is 10.0. The Balaban J connectivity index is 1.69. The van der Waals surface area contributed by atoms with E-state index >= 15 is 0 Å². The van der Waals surface area contributed by atoms with Gasteiger partial charge in [0.05, 0.1) is 12.3 Å². The van der Waals surface area contributed by atoms with Crippen LogP contribution in [-0.2, 0) is 11.4 Å². The van der Waals surface area contributed by atoms with E-state index < -0.39 is 0 Å². The third-order valence-electron chi connectivity index (χ3n) is 4.30. The van der Waals surface area contributed by atoms with Gasteiger partial charge in [0, 0.05) is 18.5 Å². The Morgan fingerprint density at radius 2 is 1.96 bits per heavy atom. The van der Waals surface area contributed by atoms with E-state index in [9.17, 15) is 9.18 Å². The zero-order valence-corrected chi connectivity index (χ0v) is 16.5. The summed E-state index contributed by atoms with van der Waals surface area (Å²) in [5, 5.41) is 7.17. The largest absolute Gasteiger partial charge is 0.390 e. The van der Waals surface area contributed by atoms with E-state index in [0.29, 0.717) is 19.5 Å². The van der Waals surface area contributed by atoms with E-state index in [1.165, 1.54) is 12.1 Å². The van der Waals surface area contributed by atoms with Crippen LogP contribution in [0.4, 0.5) is 9.18 Å². The molecule has 0 spiro atoms. The first-order valence-corrected chi connectivity index (χ1v) is 9.40. The summed E-state index contributed by atoms with van der Waals surface area (Å²) >= 11 is 0. The number of amides is 2. The van der Waals surface area contributed by atoms with Crippen LogP contribution >= 0.6 is 0 Å². The summed E-state index contributed by atoms with van der Waals surface area (Å²) < 4.78 is 13.6. The third-order valence-corrected chi connectivity index (χ3v) is 4.30. The van der Waals surface area contributed by atoms with Crippen molar-refractivity contribution in [3.63, 3.8) is 0 Å². The molecule has 1 N–H and O–H groups in total. The van der Waals surface area contributed by atoms with Crippen LogP contribution < -0.4 is 5.32 Å². The third kappa shape index (κ3) is 5.55. The van der Waals surface area contributed by atoms with Gasteiger partial charge in [-0.15, -0.1) is 0 Å². The Hall–Kier alpha value is -2.89. The fraction of sp³-hybridized carbons (Fsp3) is 0.364. The number of rotatable bonds is 5. The van der Waals surface area contributed by atoms with Crippen LogP contribution in [0.15, 0.2) is 59.8 Å². The summed E-state index contributed by atoms with van der Waals surface area (Å²) in [7, 11) is 0. The summed E-state index contributed by atoms with van der Waals surface area (Å²) in [4.78, 5) is 20.0. The van der Waals surface area contributed by atoms with E-state index in [4.69, 9.17) is 4.84 Å². The lowest BCUT2D eigenvalue weighted by Crippen LogP contribution is -2.50. The standard InChI is InChI=1S/C22H26FN3O2/c1-22(2,3)24-21(27)26(14-16-8-7-11-18(23)12-16)15-19-13-20(25-28-19)17-9-5-4-6-10-17/h4-12,19H,13-15H2,1-3H3,(H,24,27). The number of carbonyl (C=O) groups excluding carboxylic acids is 1. The van der Waals surface area contributed by atoms with Crippen LogP contribution in [0.1, 0.15) is 38.3 Å². The van der Waals surface area contributed by atoms with Crippen LogP contribution in [-0.4, -0.2) is 34.8 Å². The van der Waals surface area contributed by atoms with Gasteiger partial charge in [0.15, 0.2) is 6.10 Å². The molecule has 0 bridgehead atoms. The van der Waals surface area contributed by atoms with Crippen molar-refractivity contribution in [2.45, 2.75) is 45.4 Å². The predicted molar refractivity (Wildman–Crippen MR) is 108 cm³/mol. The van der Waals surface area contributed by atoms with E-state index in [2.05, 4.69) is 10.5 Å². The van der Waals surface area contributed by atoms with Gasteiger partial charge in [-0.05, 0) is 44.0 Å². The van der Waals surface area contributed by atoms with E-state index in [-0.39, 0.29) is 23.5 Å². The Morgan fingerprint density at radius 1 is 1.21 bits per heavy atom. The molecule has 2 amide bonds. The first-order valence-electron chi connectivity index (χ1n) is 9.40. The molecule has 1 atom stereocenters. The van der Waals surface area contributed by atoms with Gasteiger partial charge in [0.1, 0.15) is 5.82 Å². The molecule has 0 aromatic heterocycles. The monoisotopic (exact) mass is 383 g/mol. The molecule has 2 aromatic carbocycles. The molecule has 0 saturated heterocycles. The molecule has 1 unspecified atom stereocenters. The maximum atomic E-state index is 13.6. The molecule has 28 heavy (non-hydrogen) atoms. The molecule has 1 heterocycles. The maximum absolute atomic E-state index is 13.6. The molecule has 148 valence electrons. The van der Waals surface area contributed by atoms with Crippen LogP contribution in [0.5, 0.6) is 0 Å². The number of nitrogens with zero attached hydrogens (tertiary/aromatic N) is 2. The SMILES string of the molecule is CC(C)(C)NC(=O)N(Cc1cccc(F)c1)CC1CC(c2ccccc2)=NO1. The van der Waals surface area contributed by atoms with E-state index in [1.54, 1.807) is 11.0 Å². The molecule has 0 saturated carbocycles. The van der Waals surface area contributed by atoms with Gasteiger partial charge in [-0.1, -0.05) is 47.6 Å². The molecule has 0 aliphatic carbocycles. The Kier molecular flexibility index (Phi) is 5.97. The lowest BCUT2D eigenvalue weighted by Gasteiger charge is -2.29. The highest BCUT2D eigenvalue weighted by molar-refractivity contribution is 6.01. The number of carbonyl (C=O) groups is 1. The van der Waals surface area contributed by atoms with Crippen molar-refractivity contribution in [1.29, 1.82) is 0 Å². The molecule has 5 nitrogen and oxygen atoms in total. The minimum Gasteiger partial charge on any atom is -0.390 e. The van der Waals surface area contributed by atoms with Crippen molar-refractivity contribution < 1.29 is 14.0 Å². The first kappa shape index (κ1) is 19.9. The van der Waals surface area contributed by atoms with Gasteiger partial charge in [-0.25, -0.2) is 9.18 Å². The number of halogens is 1. The summed E-state index contributed by atoms with van der Waals surface area (Å²) in [5.74, 6) is -0.319. The lowest BCUT2D eigenvalue weighted by molar-refractivity contribution is 0.0580. The topological polar surface area (TPSA) is 53.9 Å². The minimum atomic E-state index is -0.375. The highest BCUT2D eigenvalue weighted by atomic mass is 19.1. The first-order chi connectivity index (χ1) is 13.3. The molecule has 2 aromatic rings. The van der Waals surface area contributed by atoms with Crippen molar-refractivity contribution in [3.05, 3.63) is 71.5 Å². The average molecular weight is 383 g/mol. The van der Waals surface area contributed by atoms with Crippen LogP contribution in [0.3, 0.4) is 0 Å². The van der Waals surface area contributed by atoms with Crippen molar-refractivity contribution >= 4 is 11.7 Å². The average Bonchev–Trinajstić information content (AvgIpc) is 3.09. The molecular formula is C22H26FN3O2. The summed E-state index contributed by atoms with van der Waals surface area (Å²) in [5.41, 5.74) is 2.24. The van der Waals surface area contributed by atoms with Crippen LogP contribution in [0.2, 0.25) is 0 Å². The zero-order chi connectivity index (χ0) is 20.1. The molecule has 3 rings (SSSR count). The second kappa shape index (κ2) is 8.42. The van der Waals surface area contributed by atoms with Gasteiger partial charge in [0.25, 0.3) is 0 Å². The fourth-order valence-corrected chi connectivity index (χ4v) is 3.05. The van der Waals surface area contributed by atoms with Gasteiger partial charge in [0.2, 0.25) is 0 Å². The van der Waals surface area contributed by atoms with Gasteiger partial charge >= 0.3 is 6.03 Å². The van der Waals surface area contributed by atoms with E-state index in [1.807, 2.05) is 57.2 Å². The molecule has 0 radical (unpaired) electrons. The number of urea groups is 1. The number of benzene rings is 2. The minimum absolute atomic E-state index is 0.214. The van der Waals surface area contributed by atoms with Gasteiger partial charge in [-0.2, -0.15) is 0 Å². The van der Waals surface area contributed by atoms with Crippen molar-refractivity contribution in [2.75, 3.05) is 6.54 Å². The number of hydrogen-bond acceptors (Lipinski definition) is 3. The maximum Gasteiger partial charge on any atom is 0.318 e. The number of oxime groups is 1. The Labute approximate surface area is 165 Å². The molecular weight excluding hydrogens is 357 g/mol. The predicted octanol–water partition coefficient (Wildman–Crippen LogP) is 4.33. The summed E-state index contributed by atoms with van der Waals surface area (Å²) in [6, 6.07) is 15.9. The normalized spacial score (nSPS) is 16.3. The van der Waals surface area contributed by atoms with Crippen LogP contribution in [0, 0.1) is 5.82 Å². The second-order valence-corrected chi connectivity index (χ2v) is 8.03. The fourth-order valence-electron chi connectivity index (χ4n) is 3.05. The van der Waals surface area contributed by atoms with Gasteiger partial charge < -0.3 is 15.1 Å². The molecule has 0 fully saturated rings. The summed E-state index contributed by atoms with van der Waals surface area (Å²) in [6.07, 6.45) is 0.376. The molecule has 6 heteroatoms. The Morgan fingerprint density at radius 3 is 2.64 bits per heavy atom. The molecule has 1 aliphatic heterocycles. The van der Waals surface area contributed by atoms with E-state index in [0.717, 1.165) is 16.8 Å². The van der Waals surface area contributed by atoms with Crippen molar-refractivity contribution in [3.8, 4) is 0 Å². The quantitative estimate of drug-likeness (QED) is 0.836. The smallest absolute Gasteiger partial charge is 0.318 e.